The normalized spacial score (nSPS) is 24.1. The molecule has 2 aromatic rings. The van der Waals surface area contributed by atoms with Gasteiger partial charge in [0.25, 0.3) is 5.56 Å². The number of aromatic nitrogens is 3. The third-order valence-corrected chi connectivity index (χ3v) is 8.02. The fourth-order valence-electron chi connectivity index (χ4n) is 6.06. The monoisotopic (exact) mass is 439 g/mol. The van der Waals surface area contributed by atoms with Crippen LogP contribution in [0.15, 0.2) is 16.9 Å². The molecule has 0 spiro atoms. The first kappa shape index (κ1) is 21.7. The van der Waals surface area contributed by atoms with Crippen LogP contribution in [0.1, 0.15) is 95.0 Å². The maximum absolute atomic E-state index is 13.2. The Hall–Kier alpha value is -2.15. The van der Waals surface area contributed by atoms with E-state index in [0.29, 0.717) is 23.5 Å². The number of likely N-dealkylation sites (tertiary alicyclic amines) is 2. The second-order valence-electron chi connectivity index (χ2n) is 10.4. The molecule has 0 radical (unpaired) electrons. The Labute approximate surface area is 190 Å². The van der Waals surface area contributed by atoms with Gasteiger partial charge in [-0.2, -0.15) is 0 Å². The van der Waals surface area contributed by atoms with Gasteiger partial charge in [0.05, 0.1) is 17.4 Å². The maximum atomic E-state index is 13.2. The summed E-state index contributed by atoms with van der Waals surface area (Å²) in [6.07, 6.45) is 9.68. The van der Waals surface area contributed by atoms with Crippen molar-refractivity contribution >= 4 is 11.6 Å². The predicted molar refractivity (Wildman–Crippen MR) is 125 cm³/mol. The molecule has 2 saturated heterocycles. The summed E-state index contributed by atoms with van der Waals surface area (Å²) in [7, 11) is 0. The van der Waals surface area contributed by atoms with Crippen LogP contribution in [0.5, 0.6) is 0 Å². The van der Waals surface area contributed by atoms with Gasteiger partial charge in [0.2, 0.25) is 5.91 Å². The highest BCUT2D eigenvalue weighted by molar-refractivity contribution is 5.79. The number of nitrogens with zero attached hydrogens (tertiary/aromatic N) is 4. The van der Waals surface area contributed by atoms with Gasteiger partial charge >= 0.3 is 0 Å². The Morgan fingerprint density at radius 2 is 1.75 bits per heavy atom. The Morgan fingerprint density at radius 3 is 2.47 bits per heavy atom. The molecule has 7 heteroatoms. The van der Waals surface area contributed by atoms with Crippen LogP contribution in [-0.2, 0) is 4.79 Å². The summed E-state index contributed by atoms with van der Waals surface area (Å²) in [5.74, 6) is 0.832. The first-order valence-electron chi connectivity index (χ1n) is 12.7. The molecular formula is C25H37N5O2. The molecule has 0 unspecified atom stereocenters. The standard InChI is InChI=1S/C25H37N5O2/c1-17(2)28-13-10-18(11-14-28)20-16-24(31)30-23(26-20)15-21(27-30)22-9-6-12-29(22)25(32)19-7-4-3-5-8-19/h15-19,22,27H,3-14H2,1-2H3/t22-/m1/s1. The summed E-state index contributed by atoms with van der Waals surface area (Å²) in [6.45, 7) is 7.41. The number of hydrogen-bond donors (Lipinski definition) is 1. The van der Waals surface area contributed by atoms with Gasteiger partial charge in [0.15, 0.2) is 5.65 Å². The van der Waals surface area contributed by atoms with Crippen LogP contribution in [0.3, 0.4) is 0 Å². The molecule has 1 atom stereocenters. The zero-order valence-corrected chi connectivity index (χ0v) is 19.6. The van der Waals surface area contributed by atoms with E-state index in [-0.39, 0.29) is 17.5 Å². The lowest BCUT2D eigenvalue weighted by Gasteiger charge is -2.34. The third-order valence-electron chi connectivity index (χ3n) is 8.02. The lowest BCUT2D eigenvalue weighted by Crippen LogP contribution is -2.38. The van der Waals surface area contributed by atoms with Crippen molar-refractivity contribution < 1.29 is 4.79 Å². The molecule has 1 amide bonds. The lowest BCUT2D eigenvalue weighted by molar-refractivity contribution is -0.137. The van der Waals surface area contributed by atoms with Crippen molar-refractivity contribution in [1.82, 2.24) is 24.4 Å². The highest BCUT2D eigenvalue weighted by Gasteiger charge is 2.35. The largest absolute Gasteiger partial charge is 0.334 e. The zero-order chi connectivity index (χ0) is 22.2. The van der Waals surface area contributed by atoms with Crippen molar-refractivity contribution in [2.75, 3.05) is 19.6 Å². The van der Waals surface area contributed by atoms with Gasteiger partial charge in [-0.3, -0.25) is 14.7 Å². The van der Waals surface area contributed by atoms with Gasteiger partial charge in [-0.05, 0) is 65.5 Å². The minimum atomic E-state index is -0.0503. The fraction of sp³-hybridized carbons (Fsp3) is 0.720. The topological polar surface area (TPSA) is 73.7 Å². The van der Waals surface area contributed by atoms with Crippen molar-refractivity contribution in [1.29, 1.82) is 0 Å². The SMILES string of the molecule is CC(C)N1CCC(c2cc(=O)n3[nH]c([C@H]4CCCN4C(=O)C4CCCCC4)cc3n2)CC1. The molecule has 1 N–H and O–H groups in total. The van der Waals surface area contributed by atoms with Crippen LogP contribution in [-0.4, -0.2) is 56.0 Å². The highest BCUT2D eigenvalue weighted by Crippen LogP contribution is 2.35. The molecule has 174 valence electrons. The quantitative estimate of drug-likeness (QED) is 0.785. The van der Waals surface area contributed by atoms with Gasteiger partial charge in [-0.1, -0.05) is 19.3 Å². The molecule has 1 saturated carbocycles. The number of hydrogen-bond acceptors (Lipinski definition) is 4. The number of H-pyrrole nitrogens is 1. The molecule has 0 bridgehead atoms. The molecule has 7 nitrogen and oxygen atoms in total. The van der Waals surface area contributed by atoms with Crippen LogP contribution in [0, 0.1) is 5.92 Å². The second-order valence-corrected chi connectivity index (χ2v) is 10.4. The van der Waals surface area contributed by atoms with Gasteiger partial charge < -0.3 is 9.80 Å². The van der Waals surface area contributed by atoms with Crippen molar-refractivity contribution in [3.8, 4) is 0 Å². The van der Waals surface area contributed by atoms with E-state index in [1.165, 1.54) is 19.3 Å². The van der Waals surface area contributed by atoms with Crippen molar-refractivity contribution in [3.63, 3.8) is 0 Å². The minimum Gasteiger partial charge on any atom is -0.334 e. The molecule has 2 aliphatic heterocycles. The molecule has 2 aromatic heterocycles. The van der Waals surface area contributed by atoms with Gasteiger partial charge in [-0.25, -0.2) is 9.50 Å². The lowest BCUT2D eigenvalue weighted by atomic mass is 9.88. The smallest absolute Gasteiger partial charge is 0.272 e. The first-order chi connectivity index (χ1) is 15.5. The maximum Gasteiger partial charge on any atom is 0.272 e. The third kappa shape index (κ3) is 4.12. The number of fused-ring (bicyclic) bond motifs is 1. The van der Waals surface area contributed by atoms with Crippen LogP contribution < -0.4 is 5.56 Å². The number of carbonyl (C=O) groups is 1. The summed E-state index contributed by atoms with van der Waals surface area (Å²) in [6, 6.07) is 4.31. The second kappa shape index (κ2) is 9.00. The molecule has 3 aliphatic rings. The number of piperidine rings is 1. The van der Waals surface area contributed by atoms with E-state index >= 15 is 0 Å². The van der Waals surface area contributed by atoms with Crippen LogP contribution in [0.2, 0.25) is 0 Å². The summed E-state index contributed by atoms with van der Waals surface area (Å²) in [5.41, 5.74) is 2.50. The molecular weight excluding hydrogens is 402 g/mol. The average Bonchev–Trinajstić information content (AvgIpc) is 3.46. The Bertz CT molecular complexity index is 1010. The number of nitrogens with one attached hydrogen (secondary N) is 1. The van der Waals surface area contributed by atoms with Crippen LogP contribution >= 0.6 is 0 Å². The molecule has 4 heterocycles. The van der Waals surface area contributed by atoms with Gasteiger partial charge in [0, 0.05) is 36.6 Å². The van der Waals surface area contributed by atoms with E-state index in [9.17, 15) is 9.59 Å². The van der Waals surface area contributed by atoms with Crippen LogP contribution in [0.25, 0.3) is 5.65 Å². The Morgan fingerprint density at radius 1 is 1.00 bits per heavy atom. The Kier molecular flexibility index (Phi) is 6.10. The number of amides is 1. The first-order valence-corrected chi connectivity index (χ1v) is 12.7. The summed E-state index contributed by atoms with van der Waals surface area (Å²) in [4.78, 5) is 35.6. The van der Waals surface area contributed by atoms with E-state index in [1.807, 2.05) is 6.07 Å². The highest BCUT2D eigenvalue weighted by atomic mass is 16.2. The Balaban J connectivity index is 1.37. The van der Waals surface area contributed by atoms with Crippen molar-refractivity contribution in [2.24, 2.45) is 5.92 Å². The van der Waals surface area contributed by atoms with E-state index in [0.717, 1.165) is 69.5 Å². The molecule has 1 aliphatic carbocycles. The van der Waals surface area contributed by atoms with E-state index < -0.39 is 0 Å². The zero-order valence-electron chi connectivity index (χ0n) is 19.6. The summed E-state index contributed by atoms with van der Waals surface area (Å²) >= 11 is 0. The van der Waals surface area contributed by atoms with E-state index in [1.54, 1.807) is 10.6 Å². The number of aromatic amines is 1. The molecule has 3 fully saturated rings. The van der Waals surface area contributed by atoms with Gasteiger partial charge in [-0.15, -0.1) is 0 Å². The summed E-state index contributed by atoms with van der Waals surface area (Å²) < 4.78 is 1.56. The number of carbonyl (C=O) groups excluding carboxylic acids is 1. The van der Waals surface area contributed by atoms with Gasteiger partial charge in [0.1, 0.15) is 0 Å². The molecule has 5 rings (SSSR count). The van der Waals surface area contributed by atoms with Crippen LogP contribution in [0.4, 0.5) is 0 Å². The van der Waals surface area contributed by atoms with Crippen molar-refractivity contribution in [3.05, 3.63) is 33.9 Å². The average molecular weight is 440 g/mol. The molecule has 32 heavy (non-hydrogen) atoms. The predicted octanol–water partition coefficient (Wildman–Crippen LogP) is 3.85. The van der Waals surface area contributed by atoms with E-state index in [2.05, 4.69) is 28.7 Å². The number of rotatable bonds is 4. The summed E-state index contributed by atoms with van der Waals surface area (Å²) in [5, 5.41) is 3.29. The fourth-order valence-corrected chi connectivity index (χ4v) is 6.06. The van der Waals surface area contributed by atoms with E-state index in [4.69, 9.17) is 4.98 Å². The van der Waals surface area contributed by atoms with Crippen molar-refractivity contribution in [2.45, 2.75) is 89.6 Å². The minimum absolute atomic E-state index is 0.0308. The molecule has 0 aromatic carbocycles.